The molecule has 1 amide bonds. The van der Waals surface area contributed by atoms with Crippen LogP contribution >= 0.6 is 0 Å². The maximum atomic E-state index is 11.9. The maximum Gasteiger partial charge on any atom is 0.224 e. The molecule has 0 bridgehead atoms. The van der Waals surface area contributed by atoms with Crippen LogP contribution in [0.4, 0.5) is 5.69 Å². The van der Waals surface area contributed by atoms with Crippen molar-refractivity contribution in [3.63, 3.8) is 0 Å². The van der Waals surface area contributed by atoms with Gasteiger partial charge >= 0.3 is 0 Å². The number of carbonyl (C=O) groups is 1. The first-order valence-corrected chi connectivity index (χ1v) is 8.03. The molecule has 2 rings (SSSR count). The van der Waals surface area contributed by atoms with E-state index in [0.717, 1.165) is 23.6 Å². The van der Waals surface area contributed by atoms with Gasteiger partial charge < -0.3 is 5.32 Å². The summed E-state index contributed by atoms with van der Waals surface area (Å²) in [5.74, 6) is 0.940. The van der Waals surface area contributed by atoms with E-state index in [9.17, 15) is 4.79 Å². The summed E-state index contributed by atoms with van der Waals surface area (Å²) in [6.45, 7) is 0. The molecule has 0 atom stereocenters. The van der Waals surface area contributed by atoms with Gasteiger partial charge in [-0.05, 0) is 36.5 Å². The number of carbonyl (C=O) groups excluding carboxylic acids is 1. The summed E-state index contributed by atoms with van der Waals surface area (Å²) in [6.07, 6.45) is 10.0. The van der Waals surface area contributed by atoms with Crippen LogP contribution in [0.2, 0.25) is 0 Å². The minimum Gasteiger partial charge on any atom is -0.326 e. The zero-order valence-electron chi connectivity index (χ0n) is 12.6. The second kappa shape index (κ2) is 8.46. The van der Waals surface area contributed by atoms with Crippen molar-refractivity contribution in [3.8, 4) is 6.07 Å². The molecule has 0 unspecified atom stereocenters. The molecular weight excluding hydrogens is 260 g/mol. The van der Waals surface area contributed by atoms with Crippen LogP contribution in [0.25, 0.3) is 0 Å². The van der Waals surface area contributed by atoms with Crippen molar-refractivity contribution in [2.24, 2.45) is 5.92 Å². The standard InChI is InChI=1S/C18H24N2O/c19-14-13-16-9-11-17(12-10-16)20-18(21)8-4-7-15-5-2-1-3-6-15/h9-12,15H,1-8,13H2,(H,20,21). The van der Waals surface area contributed by atoms with Crippen molar-refractivity contribution in [2.75, 3.05) is 5.32 Å². The van der Waals surface area contributed by atoms with Gasteiger partial charge in [0.2, 0.25) is 5.91 Å². The molecule has 3 heteroatoms. The molecule has 0 spiro atoms. The van der Waals surface area contributed by atoms with E-state index in [2.05, 4.69) is 11.4 Å². The Kier molecular flexibility index (Phi) is 6.27. The van der Waals surface area contributed by atoms with Crippen LogP contribution < -0.4 is 5.32 Å². The molecule has 1 aliphatic rings. The van der Waals surface area contributed by atoms with Crippen molar-refractivity contribution in [2.45, 2.75) is 57.8 Å². The molecule has 0 radical (unpaired) electrons. The summed E-state index contributed by atoms with van der Waals surface area (Å²) < 4.78 is 0. The van der Waals surface area contributed by atoms with E-state index in [4.69, 9.17) is 5.26 Å². The smallest absolute Gasteiger partial charge is 0.224 e. The van der Waals surface area contributed by atoms with Crippen LogP contribution in [0.1, 0.15) is 56.9 Å². The zero-order chi connectivity index (χ0) is 14.9. The van der Waals surface area contributed by atoms with Gasteiger partial charge in [-0.3, -0.25) is 4.79 Å². The molecule has 112 valence electrons. The average molecular weight is 284 g/mol. The van der Waals surface area contributed by atoms with Crippen LogP contribution in [0.3, 0.4) is 0 Å². The van der Waals surface area contributed by atoms with Crippen molar-refractivity contribution in [3.05, 3.63) is 29.8 Å². The molecule has 3 nitrogen and oxygen atoms in total. The van der Waals surface area contributed by atoms with Crippen LogP contribution in [0.15, 0.2) is 24.3 Å². The predicted molar refractivity (Wildman–Crippen MR) is 84.8 cm³/mol. The van der Waals surface area contributed by atoms with Gasteiger partial charge in [0, 0.05) is 12.1 Å². The van der Waals surface area contributed by atoms with Gasteiger partial charge in [-0.25, -0.2) is 0 Å². The molecule has 1 N–H and O–H groups in total. The largest absolute Gasteiger partial charge is 0.326 e. The van der Waals surface area contributed by atoms with Crippen molar-refractivity contribution < 1.29 is 4.79 Å². The Bertz CT molecular complexity index is 481. The number of nitrogens with one attached hydrogen (secondary N) is 1. The molecule has 0 saturated heterocycles. The Hall–Kier alpha value is -1.82. The van der Waals surface area contributed by atoms with Crippen LogP contribution in [0.5, 0.6) is 0 Å². The normalized spacial score (nSPS) is 15.4. The average Bonchev–Trinajstić information content (AvgIpc) is 2.51. The van der Waals surface area contributed by atoms with Gasteiger partial charge in [0.25, 0.3) is 0 Å². The van der Waals surface area contributed by atoms with Crippen molar-refractivity contribution in [1.29, 1.82) is 5.26 Å². The summed E-state index contributed by atoms with van der Waals surface area (Å²) >= 11 is 0. The van der Waals surface area contributed by atoms with E-state index >= 15 is 0 Å². The summed E-state index contributed by atoms with van der Waals surface area (Å²) in [4.78, 5) is 11.9. The third kappa shape index (κ3) is 5.59. The summed E-state index contributed by atoms with van der Waals surface area (Å²) in [5.41, 5.74) is 1.80. The molecule has 1 saturated carbocycles. The molecule has 1 fully saturated rings. The summed E-state index contributed by atoms with van der Waals surface area (Å²) in [6, 6.07) is 9.63. The van der Waals surface area contributed by atoms with Gasteiger partial charge in [-0.15, -0.1) is 0 Å². The first-order chi connectivity index (χ1) is 10.3. The Morgan fingerprint density at radius 3 is 2.57 bits per heavy atom. The fourth-order valence-electron chi connectivity index (χ4n) is 3.05. The second-order valence-electron chi connectivity index (χ2n) is 5.98. The number of anilines is 1. The van der Waals surface area contributed by atoms with Crippen molar-refractivity contribution in [1.82, 2.24) is 0 Å². The van der Waals surface area contributed by atoms with E-state index in [1.807, 2.05) is 24.3 Å². The molecule has 1 aromatic carbocycles. The lowest BCUT2D eigenvalue weighted by molar-refractivity contribution is -0.116. The Morgan fingerprint density at radius 2 is 1.90 bits per heavy atom. The van der Waals surface area contributed by atoms with E-state index in [-0.39, 0.29) is 5.91 Å². The second-order valence-corrected chi connectivity index (χ2v) is 5.98. The first kappa shape index (κ1) is 15.6. The lowest BCUT2D eigenvalue weighted by Gasteiger charge is -2.21. The molecule has 1 aromatic rings. The predicted octanol–water partition coefficient (Wildman–Crippen LogP) is 4.44. The zero-order valence-corrected chi connectivity index (χ0v) is 12.6. The third-order valence-electron chi connectivity index (χ3n) is 4.26. The van der Waals surface area contributed by atoms with Gasteiger partial charge in [-0.2, -0.15) is 5.26 Å². The number of amides is 1. The molecule has 0 heterocycles. The van der Waals surface area contributed by atoms with E-state index in [1.54, 1.807) is 0 Å². The summed E-state index contributed by atoms with van der Waals surface area (Å²) in [5, 5.41) is 11.5. The number of benzene rings is 1. The summed E-state index contributed by atoms with van der Waals surface area (Å²) in [7, 11) is 0. The Labute approximate surface area is 127 Å². The number of nitrogens with zero attached hydrogens (tertiary/aromatic N) is 1. The monoisotopic (exact) mass is 284 g/mol. The highest BCUT2D eigenvalue weighted by Crippen LogP contribution is 2.27. The number of hydrogen-bond acceptors (Lipinski definition) is 2. The van der Waals surface area contributed by atoms with Crippen LogP contribution in [-0.2, 0) is 11.2 Å². The number of nitriles is 1. The molecular formula is C18H24N2O. The fraction of sp³-hybridized carbons (Fsp3) is 0.556. The number of rotatable bonds is 6. The van der Waals surface area contributed by atoms with Crippen molar-refractivity contribution >= 4 is 11.6 Å². The highest BCUT2D eigenvalue weighted by atomic mass is 16.1. The first-order valence-electron chi connectivity index (χ1n) is 8.03. The SMILES string of the molecule is N#CCc1ccc(NC(=O)CCCC2CCCCC2)cc1. The van der Waals surface area contributed by atoms with E-state index in [0.29, 0.717) is 12.8 Å². The lowest BCUT2D eigenvalue weighted by atomic mass is 9.86. The Balaban J connectivity index is 1.67. The number of hydrogen-bond donors (Lipinski definition) is 1. The van der Waals surface area contributed by atoms with Gasteiger partial charge in [0.15, 0.2) is 0 Å². The van der Waals surface area contributed by atoms with Gasteiger partial charge in [0.05, 0.1) is 12.5 Å². The van der Waals surface area contributed by atoms with Crippen LogP contribution in [0, 0.1) is 17.2 Å². The quantitative estimate of drug-likeness (QED) is 0.839. The highest BCUT2D eigenvalue weighted by Gasteiger charge is 2.13. The topological polar surface area (TPSA) is 52.9 Å². The molecule has 0 aromatic heterocycles. The Morgan fingerprint density at radius 1 is 1.19 bits per heavy atom. The minimum atomic E-state index is 0.0962. The van der Waals surface area contributed by atoms with Crippen LogP contribution in [-0.4, -0.2) is 5.91 Å². The minimum absolute atomic E-state index is 0.0962. The third-order valence-corrected chi connectivity index (χ3v) is 4.26. The van der Waals surface area contributed by atoms with Gasteiger partial charge in [-0.1, -0.05) is 44.2 Å². The maximum absolute atomic E-state index is 11.9. The van der Waals surface area contributed by atoms with Gasteiger partial charge in [0.1, 0.15) is 0 Å². The van der Waals surface area contributed by atoms with E-state index in [1.165, 1.54) is 38.5 Å². The highest BCUT2D eigenvalue weighted by molar-refractivity contribution is 5.90. The molecule has 0 aliphatic heterocycles. The fourth-order valence-corrected chi connectivity index (χ4v) is 3.05. The lowest BCUT2D eigenvalue weighted by Crippen LogP contribution is -2.12. The van der Waals surface area contributed by atoms with E-state index < -0.39 is 0 Å². The molecule has 21 heavy (non-hydrogen) atoms. The molecule has 1 aliphatic carbocycles.